The number of nitrogens with zero attached hydrogens (tertiary/aromatic N) is 6. The van der Waals surface area contributed by atoms with Crippen molar-refractivity contribution < 1.29 is 10.2 Å². The maximum absolute atomic E-state index is 9.60. The molecule has 2 aliphatic carbocycles. The largest absolute Gasteiger partial charge is 0.400 e. The van der Waals surface area contributed by atoms with Crippen LogP contribution in [0.3, 0.4) is 0 Å². The van der Waals surface area contributed by atoms with Crippen LogP contribution >= 0.6 is 0 Å². The molecular weight excluding hydrogens is 382 g/mol. The van der Waals surface area contributed by atoms with Crippen molar-refractivity contribution in [2.45, 2.75) is 50.7 Å². The van der Waals surface area contributed by atoms with Gasteiger partial charge in [-0.15, -0.1) is 5.10 Å². The lowest BCUT2D eigenvalue weighted by Crippen LogP contribution is -2.50. The van der Waals surface area contributed by atoms with Gasteiger partial charge in [0.2, 0.25) is 5.95 Å². The van der Waals surface area contributed by atoms with E-state index in [1.807, 2.05) is 29.2 Å². The zero-order valence-electron chi connectivity index (χ0n) is 17.3. The minimum Gasteiger partial charge on any atom is -0.400 e. The lowest BCUT2D eigenvalue weighted by molar-refractivity contribution is -0.106. The van der Waals surface area contributed by atoms with E-state index in [0.29, 0.717) is 11.5 Å². The summed E-state index contributed by atoms with van der Waals surface area (Å²) in [5.74, 6) is 2.37. The lowest BCUT2D eigenvalue weighted by Gasteiger charge is -2.56. The number of fused-ring (bicyclic) bond motifs is 1. The molecule has 0 radical (unpaired) electrons. The molecule has 1 aliphatic heterocycles. The number of anilines is 3. The smallest absolute Gasteiger partial charge is 0.245 e. The van der Waals surface area contributed by atoms with Crippen LogP contribution in [0.5, 0.6) is 0 Å². The molecular formula is C21H29N7O2. The molecule has 9 nitrogen and oxygen atoms in total. The molecule has 30 heavy (non-hydrogen) atoms. The van der Waals surface area contributed by atoms with E-state index in [-0.39, 0.29) is 6.10 Å². The highest BCUT2D eigenvalue weighted by Crippen LogP contribution is 2.60. The summed E-state index contributed by atoms with van der Waals surface area (Å²) in [5, 5.41) is 24.7. The van der Waals surface area contributed by atoms with Crippen molar-refractivity contribution in [1.29, 1.82) is 0 Å². The number of nitrogens with one attached hydrogen (secondary N) is 1. The van der Waals surface area contributed by atoms with Crippen molar-refractivity contribution in [3.63, 3.8) is 0 Å². The van der Waals surface area contributed by atoms with Crippen LogP contribution in [-0.4, -0.2) is 60.7 Å². The first-order chi connectivity index (χ1) is 14.7. The molecule has 3 fully saturated rings. The van der Waals surface area contributed by atoms with E-state index in [2.05, 4.69) is 31.1 Å². The number of aliphatic hydroxyl groups excluding tert-OH is 2. The fraction of sp³-hybridized carbons (Fsp3) is 0.571. The highest BCUT2D eigenvalue weighted by atomic mass is 16.3. The van der Waals surface area contributed by atoms with Crippen molar-refractivity contribution in [2.24, 2.45) is 5.41 Å². The summed E-state index contributed by atoms with van der Waals surface area (Å²) in [5.41, 5.74) is 1.35. The van der Waals surface area contributed by atoms with Gasteiger partial charge in [-0.2, -0.15) is 4.98 Å². The van der Waals surface area contributed by atoms with Crippen LogP contribution in [0.2, 0.25) is 0 Å². The fourth-order valence-corrected chi connectivity index (χ4v) is 5.21. The molecule has 3 aliphatic rings. The van der Waals surface area contributed by atoms with Gasteiger partial charge in [0.05, 0.1) is 12.4 Å². The predicted molar refractivity (Wildman–Crippen MR) is 114 cm³/mol. The Labute approximate surface area is 175 Å². The van der Waals surface area contributed by atoms with E-state index in [0.717, 1.165) is 69.0 Å². The Morgan fingerprint density at radius 3 is 2.63 bits per heavy atom. The summed E-state index contributed by atoms with van der Waals surface area (Å²) in [4.78, 5) is 11.6. The molecule has 1 saturated heterocycles. The second-order valence-electron chi connectivity index (χ2n) is 8.75. The first-order valence-electron chi connectivity index (χ1n) is 10.7. The van der Waals surface area contributed by atoms with Crippen LogP contribution in [-0.2, 0) is 0 Å². The Balaban J connectivity index is 0.000000937. The monoisotopic (exact) mass is 411 g/mol. The Morgan fingerprint density at radius 2 is 1.90 bits per heavy atom. The molecule has 4 heterocycles. The van der Waals surface area contributed by atoms with E-state index in [9.17, 15) is 5.11 Å². The van der Waals surface area contributed by atoms with Crippen LogP contribution in [0, 0.1) is 5.41 Å². The van der Waals surface area contributed by atoms with Crippen LogP contribution < -0.4 is 10.2 Å². The zero-order valence-corrected chi connectivity index (χ0v) is 17.3. The molecule has 0 unspecified atom stereocenters. The average Bonchev–Trinajstić information content (AvgIpc) is 3.45. The van der Waals surface area contributed by atoms with Crippen molar-refractivity contribution in [3.05, 3.63) is 30.9 Å². The zero-order chi connectivity index (χ0) is 20.7. The third kappa shape index (κ3) is 3.31. The van der Waals surface area contributed by atoms with Crippen molar-refractivity contribution in [3.8, 4) is 0 Å². The first-order valence-corrected chi connectivity index (χ1v) is 10.7. The van der Waals surface area contributed by atoms with Crippen LogP contribution in [0.4, 0.5) is 17.6 Å². The number of rotatable bonds is 4. The van der Waals surface area contributed by atoms with Crippen molar-refractivity contribution >= 4 is 23.1 Å². The highest BCUT2D eigenvalue weighted by Gasteiger charge is 2.52. The number of imidazole rings is 1. The molecule has 0 amide bonds. The Bertz CT molecular complexity index is 1010. The molecule has 9 heteroatoms. The van der Waals surface area contributed by atoms with E-state index in [1.165, 1.54) is 12.8 Å². The van der Waals surface area contributed by atoms with Crippen molar-refractivity contribution in [2.75, 3.05) is 30.4 Å². The average molecular weight is 412 g/mol. The first kappa shape index (κ1) is 19.3. The van der Waals surface area contributed by atoms with Gasteiger partial charge in [-0.05, 0) is 56.1 Å². The Kier molecular flexibility index (Phi) is 4.86. The quantitative estimate of drug-likeness (QED) is 0.605. The van der Waals surface area contributed by atoms with E-state index >= 15 is 0 Å². The van der Waals surface area contributed by atoms with E-state index in [4.69, 9.17) is 10.1 Å². The number of hydrogen-bond acceptors (Lipinski definition) is 7. The summed E-state index contributed by atoms with van der Waals surface area (Å²) >= 11 is 0. The normalized spacial score (nSPS) is 27.5. The molecule has 3 aromatic rings. The molecule has 0 atom stereocenters. The number of aromatic nitrogens is 5. The maximum Gasteiger partial charge on any atom is 0.245 e. The van der Waals surface area contributed by atoms with Gasteiger partial charge in [0.15, 0.2) is 5.82 Å². The Hall–Kier alpha value is -2.65. The SMILES string of the molecule is CO.OC1CC2(C1)CC(n1cnc(Nc3nc(N4CCCC4)nn4cccc34)c1)C2. The Morgan fingerprint density at radius 1 is 1.13 bits per heavy atom. The molecule has 6 rings (SSSR count). The third-order valence-corrected chi connectivity index (χ3v) is 6.71. The van der Waals surface area contributed by atoms with Gasteiger partial charge in [0.1, 0.15) is 11.3 Å². The molecule has 1 spiro atoms. The van der Waals surface area contributed by atoms with Crippen LogP contribution in [0.1, 0.15) is 44.6 Å². The third-order valence-electron chi connectivity index (χ3n) is 6.71. The summed E-state index contributed by atoms with van der Waals surface area (Å²) in [6.45, 7) is 2.03. The van der Waals surface area contributed by atoms with Crippen molar-refractivity contribution in [1.82, 2.24) is 24.1 Å². The minimum atomic E-state index is -0.0759. The summed E-state index contributed by atoms with van der Waals surface area (Å²) in [6.07, 6.45) is 12.5. The second kappa shape index (κ2) is 7.55. The van der Waals surface area contributed by atoms with Crippen LogP contribution in [0.25, 0.3) is 5.52 Å². The van der Waals surface area contributed by atoms with Crippen LogP contribution in [0.15, 0.2) is 30.9 Å². The second-order valence-corrected chi connectivity index (χ2v) is 8.75. The summed E-state index contributed by atoms with van der Waals surface area (Å²) < 4.78 is 4.09. The van der Waals surface area contributed by atoms with E-state index in [1.54, 1.807) is 0 Å². The van der Waals surface area contributed by atoms with E-state index < -0.39 is 0 Å². The lowest BCUT2D eigenvalue weighted by atomic mass is 9.53. The van der Waals surface area contributed by atoms with Gasteiger partial charge in [0, 0.05) is 38.6 Å². The van der Waals surface area contributed by atoms with Gasteiger partial charge < -0.3 is 25.0 Å². The summed E-state index contributed by atoms with van der Waals surface area (Å²) in [7, 11) is 1.00. The summed E-state index contributed by atoms with van der Waals surface area (Å²) in [6, 6.07) is 4.50. The predicted octanol–water partition coefficient (Wildman–Crippen LogP) is 2.35. The van der Waals surface area contributed by atoms with Gasteiger partial charge >= 0.3 is 0 Å². The molecule has 3 aromatic heterocycles. The molecule has 0 bridgehead atoms. The highest BCUT2D eigenvalue weighted by molar-refractivity contribution is 5.73. The maximum atomic E-state index is 9.60. The molecule has 2 saturated carbocycles. The minimum absolute atomic E-state index is 0.0759. The fourth-order valence-electron chi connectivity index (χ4n) is 5.21. The topological polar surface area (TPSA) is 104 Å². The number of hydrogen-bond donors (Lipinski definition) is 3. The molecule has 160 valence electrons. The standard InChI is InChI=1S/C20H25N7O.CH4O/c28-15-10-20(11-15)8-14(9-20)26-12-17(21-13-26)22-18-16-4-3-7-27(16)24-19(23-18)25-5-1-2-6-25;1-2/h3-4,7,12-15,28H,1-2,5-6,8-11H2,(H,22,23,24);2H,1H3. The number of aliphatic hydroxyl groups is 2. The van der Waals surface area contributed by atoms with Gasteiger partial charge in [-0.1, -0.05) is 0 Å². The van der Waals surface area contributed by atoms with Gasteiger partial charge in [-0.25, -0.2) is 9.50 Å². The van der Waals surface area contributed by atoms with Gasteiger partial charge in [-0.3, -0.25) is 0 Å². The van der Waals surface area contributed by atoms with Gasteiger partial charge in [0.25, 0.3) is 0 Å². The molecule has 0 aromatic carbocycles. The molecule has 3 N–H and O–H groups in total.